The lowest BCUT2D eigenvalue weighted by Gasteiger charge is -2.05. The van der Waals surface area contributed by atoms with Crippen molar-refractivity contribution >= 4 is 17.2 Å². The molecule has 0 atom stereocenters. The standard InChI is InChI=1S/C17H27FN2OS/c1-11-12(2)22-15(20(11)10-8-7-9-18)19-14(21)13-16(3,4)17(13,5)6/h13H,7-10H2,1-6H3/b19-15-/i18-1. The smallest absolute Gasteiger partial charge is 0.252 e. The topological polar surface area (TPSA) is 34.4 Å². The summed E-state index contributed by atoms with van der Waals surface area (Å²) in [5.41, 5.74) is 1.15. The first-order chi connectivity index (χ1) is 10.1. The third kappa shape index (κ3) is 2.80. The number of aromatic nitrogens is 1. The molecule has 0 saturated heterocycles. The van der Waals surface area contributed by atoms with E-state index in [0.717, 1.165) is 23.5 Å². The molecule has 124 valence electrons. The van der Waals surface area contributed by atoms with Crippen LogP contribution in [0.2, 0.25) is 0 Å². The van der Waals surface area contributed by atoms with Gasteiger partial charge >= 0.3 is 0 Å². The Morgan fingerprint density at radius 2 is 1.82 bits per heavy atom. The summed E-state index contributed by atoms with van der Waals surface area (Å²) in [5.74, 6) is -0.0301. The predicted octanol–water partition coefficient (Wildman–Crippen LogP) is 4.03. The molecule has 1 saturated carbocycles. The van der Waals surface area contributed by atoms with E-state index in [1.807, 2.05) is 13.8 Å². The molecule has 0 N–H and O–H groups in total. The van der Waals surface area contributed by atoms with Crippen LogP contribution >= 0.6 is 11.3 Å². The number of halogens is 1. The highest BCUT2D eigenvalue weighted by Crippen LogP contribution is 2.68. The van der Waals surface area contributed by atoms with Crippen LogP contribution in [0.4, 0.5) is 4.39 Å². The van der Waals surface area contributed by atoms with Gasteiger partial charge in [0.2, 0.25) is 0 Å². The van der Waals surface area contributed by atoms with Crippen LogP contribution in [0, 0.1) is 30.6 Å². The average molecular weight is 325 g/mol. The normalized spacial score (nSPS) is 20.4. The first-order valence-electron chi connectivity index (χ1n) is 7.96. The highest BCUT2D eigenvalue weighted by Gasteiger charge is 2.68. The van der Waals surface area contributed by atoms with Gasteiger partial charge in [-0.2, -0.15) is 4.99 Å². The zero-order chi connectivity index (χ0) is 16.7. The van der Waals surface area contributed by atoms with Gasteiger partial charge < -0.3 is 4.57 Å². The molecule has 0 aromatic carbocycles. The van der Waals surface area contributed by atoms with Gasteiger partial charge in [0, 0.05) is 17.1 Å². The van der Waals surface area contributed by atoms with Crippen LogP contribution in [0.15, 0.2) is 4.99 Å². The number of hydrogen-bond acceptors (Lipinski definition) is 2. The summed E-state index contributed by atoms with van der Waals surface area (Å²) in [6, 6.07) is 0. The quantitative estimate of drug-likeness (QED) is 0.753. The van der Waals surface area contributed by atoms with Crippen LogP contribution < -0.4 is 4.80 Å². The van der Waals surface area contributed by atoms with Gasteiger partial charge in [0.05, 0.1) is 12.6 Å². The molecule has 1 aromatic rings. The fraction of sp³-hybridized carbons (Fsp3) is 0.765. The zero-order valence-electron chi connectivity index (χ0n) is 14.5. The molecular weight excluding hydrogens is 298 g/mol. The summed E-state index contributed by atoms with van der Waals surface area (Å²) >= 11 is 1.55. The molecule has 0 unspecified atom stereocenters. The molecule has 22 heavy (non-hydrogen) atoms. The molecule has 3 nitrogen and oxygen atoms in total. The van der Waals surface area contributed by atoms with Crippen LogP contribution in [0.3, 0.4) is 0 Å². The lowest BCUT2D eigenvalue weighted by atomic mass is 10.0. The number of carbonyl (C=O) groups excluding carboxylic acids is 1. The zero-order valence-corrected chi connectivity index (χ0v) is 15.3. The first-order valence-corrected chi connectivity index (χ1v) is 8.77. The molecule has 2 rings (SSSR count). The summed E-state index contributed by atoms with van der Waals surface area (Å²) in [7, 11) is 0. The molecule has 1 heterocycles. The SMILES string of the molecule is Cc1s/c(=N\C(=O)C2C(C)(C)C2(C)C)n(CCCC[18F])c1C. The Morgan fingerprint density at radius 3 is 2.32 bits per heavy atom. The van der Waals surface area contributed by atoms with Crippen molar-refractivity contribution in [3.63, 3.8) is 0 Å². The van der Waals surface area contributed by atoms with Crippen molar-refractivity contribution in [2.75, 3.05) is 6.67 Å². The molecule has 1 aromatic heterocycles. The van der Waals surface area contributed by atoms with Crippen molar-refractivity contribution in [2.45, 2.75) is 60.9 Å². The number of amides is 1. The first kappa shape index (κ1) is 17.4. The third-order valence-electron chi connectivity index (χ3n) is 5.63. The number of alkyl halides is 1. The van der Waals surface area contributed by atoms with Crippen molar-refractivity contribution in [3.05, 3.63) is 15.4 Å². The maximum atomic E-state index is 12.6. The number of unbranched alkanes of at least 4 members (excludes halogenated alkanes) is 1. The second kappa shape index (κ2) is 5.91. The van der Waals surface area contributed by atoms with Crippen LogP contribution in [0.1, 0.15) is 51.1 Å². The van der Waals surface area contributed by atoms with Crippen molar-refractivity contribution in [3.8, 4) is 0 Å². The Bertz CT molecular complexity index is 626. The summed E-state index contributed by atoms with van der Waals surface area (Å²) < 4.78 is 14.4. The second-order valence-electron chi connectivity index (χ2n) is 7.40. The van der Waals surface area contributed by atoms with E-state index in [9.17, 15) is 9.18 Å². The maximum Gasteiger partial charge on any atom is 0.252 e. The van der Waals surface area contributed by atoms with Crippen molar-refractivity contribution in [1.82, 2.24) is 4.57 Å². The molecule has 1 fully saturated rings. The van der Waals surface area contributed by atoms with E-state index in [4.69, 9.17) is 0 Å². The number of nitrogens with zero attached hydrogens (tertiary/aromatic N) is 2. The fourth-order valence-electron chi connectivity index (χ4n) is 3.28. The number of hydrogen-bond donors (Lipinski definition) is 0. The molecule has 1 aliphatic rings. The Labute approximate surface area is 136 Å². The summed E-state index contributed by atoms with van der Waals surface area (Å²) in [6.07, 6.45) is 1.33. The largest absolute Gasteiger partial charge is 0.321 e. The minimum absolute atomic E-state index is 0.00793. The summed E-state index contributed by atoms with van der Waals surface area (Å²) in [6.45, 7) is 13.0. The highest BCUT2D eigenvalue weighted by molar-refractivity contribution is 7.09. The van der Waals surface area contributed by atoms with Gasteiger partial charge in [0.15, 0.2) is 4.80 Å². The van der Waals surface area contributed by atoms with Crippen LogP contribution in [0.5, 0.6) is 0 Å². The van der Waals surface area contributed by atoms with Gasteiger partial charge in [-0.1, -0.05) is 27.7 Å². The van der Waals surface area contributed by atoms with Crippen LogP contribution in [-0.2, 0) is 11.3 Å². The van der Waals surface area contributed by atoms with Crippen molar-refractivity contribution < 1.29 is 9.18 Å². The Hall–Kier alpha value is -0.970. The van der Waals surface area contributed by atoms with Crippen LogP contribution in [0.25, 0.3) is 0 Å². The maximum absolute atomic E-state index is 12.6. The minimum atomic E-state index is -0.293. The van der Waals surface area contributed by atoms with Gasteiger partial charge in [-0.3, -0.25) is 9.18 Å². The van der Waals surface area contributed by atoms with Gasteiger partial charge in [-0.15, -0.1) is 11.3 Å². The molecule has 1 amide bonds. The Kier molecular flexibility index (Phi) is 4.67. The van der Waals surface area contributed by atoms with Crippen molar-refractivity contribution in [1.29, 1.82) is 0 Å². The molecule has 0 bridgehead atoms. The lowest BCUT2D eigenvalue weighted by Crippen LogP contribution is -2.20. The number of aryl methyl sites for hydroxylation is 1. The van der Waals surface area contributed by atoms with E-state index in [1.165, 1.54) is 4.88 Å². The highest BCUT2D eigenvalue weighted by atomic mass is 32.1. The monoisotopic (exact) mass is 325 g/mol. The van der Waals surface area contributed by atoms with Gasteiger partial charge in [-0.05, 0) is 37.5 Å². The van der Waals surface area contributed by atoms with Crippen molar-refractivity contribution in [2.24, 2.45) is 21.7 Å². The number of thiazole rings is 1. The van der Waals surface area contributed by atoms with Gasteiger partial charge in [0.25, 0.3) is 5.91 Å². The number of rotatable bonds is 5. The van der Waals surface area contributed by atoms with E-state index in [-0.39, 0.29) is 29.3 Å². The fourth-order valence-corrected chi connectivity index (χ4v) is 4.29. The number of carbonyl (C=O) groups is 1. The average Bonchev–Trinajstić information content (AvgIpc) is 2.67. The lowest BCUT2D eigenvalue weighted by molar-refractivity contribution is -0.120. The van der Waals surface area contributed by atoms with E-state index in [0.29, 0.717) is 6.42 Å². The van der Waals surface area contributed by atoms with E-state index in [1.54, 1.807) is 11.3 Å². The molecule has 0 spiro atoms. The van der Waals surface area contributed by atoms with E-state index >= 15 is 0 Å². The van der Waals surface area contributed by atoms with Gasteiger partial charge in [-0.25, -0.2) is 0 Å². The van der Waals surface area contributed by atoms with E-state index in [2.05, 4.69) is 37.3 Å². The predicted molar refractivity (Wildman–Crippen MR) is 88.6 cm³/mol. The molecular formula is C17H27FN2OS. The second-order valence-corrected chi connectivity index (χ2v) is 8.58. The van der Waals surface area contributed by atoms with Gasteiger partial charge in [0.1, 0.15) is 0 Å². The molecule has 0 aliphatic heterocycles. The molecule has 1 aliphatic carbocycles. The van der Waals surface area contributed by atoms with Crippen LogP contribution in [-0.4, -0.2) is 17.1 Å². The summed E-state index contributed by atoms with van der Waals surface area (Å²) in [4.78, 5) is 18.9. The Morgan fingerprint density at radius 1 is 1.23 bits per heavy atom. The Balaban J connectivity index is 2.29. The molecule has 0 radical (unpaired) electrons. The van der Waals surface area contributed by atoms with E-state index < -0.39 is 0 Å². The minimum Gasteiger partial charge on any atom is -0.321 e. The third-order valence-corrected chi connectivity index (χ3v) is 6.72. The molecule has 5 heteroatoms. The summed E-state index contributed by atoms with van der Waals surface area (Å²) in [5, 5.41) is 0.